The van der Waals surface area contributed by atoms with Crippen LogP contribution in [0.5, 0.6) is 0 Å². The molecule has 0 N–H and O–H groups in total. The molecule has 0 unspecified atom stereocenters. The molecular weight excluding hydrogens is 655 g/mol. The highest BCUT2D eigenvalue weighted by atomic mass is 32.1. The number of pyridine rings is 1. The monoisotopic (exact) mass is 692 g/mol. The van der Waals surface area contributed by atoms with Gasteiger partial charge in [0.15, 0.2) is 16.8 Å². The van der Waals surface area contributed by atoms with Gasteiger partial charge in [0, 0.05) is 19.2 Å². The van der Waals surface area contributed by atoms with Crippen molar-refractivity contribution >= 4 is 41.3 Å². The van der Waals surface area contributed by atoms with Gasteiger partial charge in [-0.15, -0.1) is 0 Å². The van der Waals surface area contributed by atoms with Crippen molar-refractivity contribution in [2.45, 2.75) is 72.0 Å². The molecule has 3 rings (SSSR count). The van der Waals surface area contributed by atoms with E-state index in [2.05, 4.69) is 9.97 Å². The van der Waals surface area contributed by atoms with E-state index in [1.165, 1.54) is 37.4 Å². The van der Waals surface area contributed by atoms with Gasteiger partial charge in [0.1, 0.15) is 24.4 Å². The topological polar surface area (TPSA) is 127 Å². The van der Waals surface area contributed by atoms with Crippen molar-refractivity contribution in [3.05, 3.63) is 83.9 Å². The molecule has 2 heterocycles. The van der Waals surface area contributed by atoms with E-state index in [1.54, 1.807) is 38.2 Å². The molecule has 3 aromatic rings. The van der Waals surface area contributed by atoms with Crippen molar-refractivity contribution in [3.8, 4) is 12.1 Å². The molecule has 0 radical (unpaired) electrons. The largest absolute Gasteiger partial charge is 0.449 e. The lowest BCUT2D eigenvalue weighted by Gasteiger charge is -2.39. The Morgan fingerprint density at radius 3 is 2.17 bits per heavy atom. The number of rotatable bonds is 9. The van der Waals surface area contributed by atoms with Crippen LogP contribution in [0.3, 0.4) is 0 Å². The number of allylic oxidation sites excluding steroid dienone is 1. The molecule has 9 nitrogen and oxygen atoms in total. The third-order valence-electron chi connectivity index (χ3n) is 5.90. The van der Waals surface area contributed by atoms with Gasteiger partial charge in [0.05, 0.1) is 59.8 Å². The molecule has 0 saturated heterocycles. The Hall–Kier alpha value is -5.02. The van der Waals surface area contributed by atoms with Gasteiger partial charge in [-0.1, -0.05) is 13.8 Å². The van der Waals surface area contributed by atoms with Crippen LogP contribution in [0, 0.1) is 28.5 Å². The lowest BCUT2D eigenvalue weighted by atomic mass is 10.0. The molecule has 15 heteroatoms. The summed E-state index contributed by atoms with van der Waals surface area (Å²) in [6, 6.07) is 8.44. The molecule has 1 aromatic carbocycles. The molecule has 0 saturated carbocycles. The number of nitriles is 2. The van der Waals surface area contributed by atoms with E-state index in [4.69, 9.17) is 32.0 Å². The fourth-order valence-electron chi connectivity index (χ4n) is 3.78. The maximum absolute atomic E-state index is 15.1. The van der Waals surface area contributed by atoms with Crippen molar-refractivity contribution in [2.24, 2.45) is 0 Å². The second-order valence-electron chi connectivity index (χ2n) is 9.63. The van der Waals surface area contributed by atoms with Crippen LogP contribution in [0.15, 0.2) is 59.7 Å². The maximum Gasteiger partial charge on any atom is 0.420 e. The van der Waals surface area contributed by atoms with Crippen LogP contribution < -0.4 is 9.80 Å². The molecule has 2 aromatic heterocycles. The molecule has 0 fully saturated rings. The summed E-state index contributed by atoms with van der Waals surface area (Å²) in [6.45, 7) is 8.56. The first-order chi connectivity index (χ1) is 22.7. The Kier molecular flexibility index (Phi) is 19.4. The van der Waals surface area contributed by atoms with Crippen LogP contribution in [0.4, 0.5) is 33.3 Å². The van der Waals surface area contributed by atoms with Crippen LogP contribution in [-0.4, -0.2) is 40.2 Å². The molecule has 0 aliphatic carbocycles. The number of nitrogens with zero attached hydrogens (tertiary/aromatic N) is 6. The number of alkyl halides is 3. The number of aromatic nitrogens is 2. The van der Waals surface area contributed by atoms with Gasteiger partial charge in [0.25, 0.3) is 0 Å². The quantitative estimate of drug-likeness (QED) is 0.123. The zero-order valence-electron chi connectivity index (χ0n) is 27.4. The molecule has 0 aliphatic heterocycles. The van der Waals surface area contributed by atoms with Gasteiger partial charge in [0.2, 0.25) is 0 Å². The van der Waals surface area contributed by atoms with Crippen molar-refractivity contribution in [2.75, 3.05) is 16.8 Å². The van der Waals surface area contributed by atoms with E-state index in [0.29, 0.717) is 37.0 Å². The average Bonchev–Trinajstić information content (AvgIpc) is 3.58. The first-order valence-electron chi connectivity index (χ1n) is 14.4. The summed E-state index contributed by atoms with van der Waals surface area (Å²) < 4.78 is 71.6. The number of carbonyl (C=O) groups is 2. The van der Waals surface area contributed by atoms with Gasteiger partial charge < -0.3 is 23.8 Å². The summed E-state index contributed by atoms with van der Waals surface area (Å²) in [7, 11) is 1.28. The number of hydrogen-bond acceptors (Lipinski definition) is 8. The number of hydrogen-bond donors (Lipinski definition) is 0. The highest BCUT2D eigenvalue weighted by Crippen LogP contribution is 2.38. The predicted molar refractivity (Wildman–Crippen MR) is 176 cm³/mol. The Balaban J connectivity index is 0.00000175. The fourth-order valence-corrected chi connectivity index (χ4v) is 4.22. The van der Waals surface area contributed by atoms with Gasteiger partial charge in [-0.05, 0) is 76.2 Å². The highest BCUT2D eigenvalue weighted by molar-refractivity contribution is 7.80. The molecule has 258 valence electrons. The first kappa shape index (κ1) is 43.0. The Morgan fingerprint density at radius 1 is 1.08 bits per heavy atom. The smallest absolute Gasteiger partial charge is 0.420 e. The predicted octanol–water partition coefficient (Wildman–Crippen LogP) is 8.09. The number of anilines is 2. The molecular formula is C33H37F5N6O3S. The van der Waals surface area contributed by atoms with E-state index in [0.717, 1.165) is 41.5 Å². The lowest BCUT2D eigenvalue weighted by Crippen LogP contribution is -2.54. The second kappa shape index (κ2) is 21.7. The number of aryl methyl sites for hydroxylation is 2. The number of benzene rings is 1. The summed E-state index contributed by atoms with van der Waals surface area (Å²) in [4.78, 5) is 31.6. The van der Waals surface area contributed by atoms with Crippen molar-refractivity contribution in [3.63, 3.8) is 0 Å². The van der Waals surface area contributed by atoms with Gasteiger partial charge >= 0.3 is 6.18 Å². The Morgan fingerprint density at radius 2 is 1.73 bits per heavy atom. The summed E-state index contributed by atoms with van der Waals surface area (Å²) in [5.74, 6) is -1.02. The third-order valence-corrected chi connectivity index (χ3v) is 6.36. The maximum atomic E-state index is 15.1. The van der Waals surface area contributed by atoms with Crippen LogP contribution in [0.25, 0.3) is 0 Å². The summed E-state index contributed by atoms with van der Waals surface area (Å²) in [5, 5.41) is 16.6. The zero-order chi connectivity index (χ0) is 36.9. The minimum absolute atomic E-state index is 0.146. The van der Waals surface area contributed by atoms with Crippen LogP contribution in [0.1, 0.15) is 70.2 Å². The molecule has 0 aliphatic rings. The number of thiocarbonyl (C=S) groups is 1. The number of halogens is 5. The molecule has 0 spiro atoms. The standard InChI is InChI=1S/C25H23F4N5O2S.C4H4FN.C2H4O.C2H6/c1-24(2,15-35)34(18-9-8-17(32-14-18)5-4-6-20-31-11-12-36-20)23(37)33(3)19-10-7-16(13-30)21(22(19)26)25(27,28)29;5-3-1-2-4-6;1-2-3;1-2/h7-12,14-15H,4-6H2,1-3H3;1,3H,2H2;2H,1H3;1-2H3/b;3-1+;;. The van der Waals surface area contributed by atoms with E-state index >= 15 is 4.39 Å². The lowest BCUT2D eigenvalue weighted by molar-refractivity contribution is -0.140. The van der Waals surface area contributed by atoms with Gasteiger partial charge in [-0.3, -0.25) is 4.98 Å². The van der Waals surface area contributed by atoms with Crippen molar-refractivity contribution in [1.82, 2.24) is 9.97 Å². The van der Waals surface area contributed by atoms with E-state index in [1.807, 2.05) is 13.8 Å². The van der Waals surface area contributed by atoms with E-state index in [-0.39, 0.29) is 11.5 Å². The molecule has 0 bridgehead atoms. The van der Waals surface area contributed by atoms with E-state index < -0.39 is 34.3 Å². The van der Waals surface area contributed by atoms with Crippen LogP contribution in [-0.2, 0) is 28.6 Å². The molecule has 0 amide bonds. The normalized spacial score (nSPS) is 10.4. The molecule has 0 atom stereocenters. The minimum atomic E-state index is -5.10. The minimum Gasteiger partial charge on any atom is -0.449 e. The molecule has 48 heavy (non-hydrogen) atoms. The fraction of sp³-hybridized carbons (Fsp3) is 0.364. The van der Waals surface area contributed by atoms with Crippen LogP contribution in [0.2, 0.25) is 0 Å². The SMILES string of the molecule is CC.CC=O.CN(C(=S)N(c1ccc(CCCc2ncco2)nc1)C(C)(C)C=O)c1ccc(C#N)c(C(F)(F)F)c1F.N#CC/C=C/F. The zero-order valence-corrected chi connectivity index (χ0v) is 28.2. The third kappa shape index (κ3) is 13.0. The first-order valence-corrected chi connectivity index (χ1v) is 14.8. The van der Waals surface area contributed by atoms with Gasteiger partial charge in [-0.25, -0.2) is 13.8 Å². The Bertz CT molecular complexity index is 1550. The van der Waals surface area contributed by atoms with Crippen molar-refractivity contribution in [1.29, 1.82) is 10.5 Å². The number of aldehydes is 2. The number of carbonyl (C=O) groups excluding carboxylic acids is 2. The summed E-state index contributed by atoms with van der Waals surface area (Å²) >= 11 is 5.52. The highest BCUT2D eigenvalue weighted by Gasteiger charge is 2.40. The summed E-state index contributed by atoms with van der Waals surface area (Å²) in [5.41, 5.74) is -3.14. The Labute approximate surface area is 282 Å². The average molecular weight is 693 g/mol. The van der Waals surface area contributed by atoms with Crippen molar-refractivity contribution < 1.29 is 36.0 Å². The van der Waals surface area contributed by atoms with Crippen LogP contribution >= 0.6 is 12.2 Å². The van der Waals surface area contributed by atoms with E-state index in [9.17, 15) is 22.4 Å². The summed E-state index contributed by atoms with van der Waals surface area (Å²) in [6.07, 6.45) is 4.50. The number of oxazole rings is 1. The second-order valence-corrected chi connectivity index (χ2v) is 9.99. The van der Waals surface area contributed by atoms with Gasteiger partial charge in [-0.2, -0.15) is 23.7 Å².